The van der Waals surface area contributed by atoms with Crippen LogP contribution in [0.2, 0.25) is 0 Å². The Hall–Kier alpha value is -3.79. The van der Waals surface area contributed by atoms with Crippen molar-refractivity contribution in [2.45, 2.75) is 18.4 Å². The highest BCUT2D eigenvalue weighted by Crippen LogP contribution is 2.44. The maximum absolute atomic E-state index is 13.6. The standard InChI is InChI=1S/C24H21FN4O2/c1-31-18-5-7-21-20(14-18)27-24(22-3-2-10-29(21)22)8-11-28(12-9-24)23(30)16-4-6-19(25)17(13-16)15-26/h2-7,10,13-14,27H,8-9,11-12H2,1H3. The molecule has 1 saturated heterocycles. The second-order valence-electron chi connectivity index (χ2n) is 7.95. The summed E-state index contributed by atoms with van der Waals surface area (Å²) in [6, 6.07) is 15.9. The predicted octanol–water partition coefficient (Wildman–Crippen LogP) is 4.05. The normalized spacial score (nSPS) is 16.1. The average Bonchev–Trinajstić information content (AvgIpc) is 3.30. The van der Waals surface area contributed by atoms with Gasteiger partial charge in [0.15, 0.2) is 0 Å². The minimum atomic E-state index is -0.613. The van der Waals surface area contributed by atoms with Crippen LogP contribution in [0, 0.1) is 17.1 Å². The summed E-state index contributed by atoms with van der Waals surface area (Å²) >= 11 is 0. The Morgan fingerprint density at radius 2 is 2.00 bits per heavy atom. The number of ether oxygens (including phenoxy) is 1. The van der Waals surface area contributed by atoms with Crippen LogP contribution in [0.1, 0.15) is 34.5 Å². The highest BCUT2D eigenvalue weighted by molar-refractivity contribution is 5.94. The van der Waals surface area contributed by atoms with Gasteiger partial charge in [-0.05, 0) is 55.3 Å². The quantitative estimate of drug-likeness (QED) is 0.684. The minimum absolute atomic E-state index is 0.114. The number of halogens is 1. The van der Waals surface area contributed by atoms with Crippen LogP contribution in [0.4, 0.5) is 10.1 Å². The zero-order valence-electron chi connectivity index (χ0n) is 17.1. The average molecular weight is 416 g/mol. The van der Waals surface area contributed by atoms with Crippen molar-refractivity contribution < 1.29 is 13.9 Å². The van der Waals surface area contributed by atoms with Gasteiger partial charge in [-0.1, -0.05) is 0 Å². The van der Waals surface area contributed by atoms with E-state index < -0.39 is 5.82 Å². The van der Waals surface area contributed by atoms with Gasteiger partial charge in [-0.15, -0.1) is 0 Å². The van der Waals surface area contributed by atoms with Crippen molar-refractivity contribution >= 4 is 11.6 Å². The van der Waals surface area contributed by atoms with E-state index in [0.29, 0.717) is 18.7 Å². The van der Waals surface area contributed by atoms with Gasteiger partial charge < -0.3 is 19.5 Å². The van der Waals surface area contributed by atoms with E-state index in [9.17, 15) is 9.18 Å². The molecule has 5 rings (SSSR count). The van der Waals surface area contributed by atoms with Gasteiger partial charge in [-0.2, -0.15) is 5.26 Å². The van der Waals surface area contributed by atoms with Crippen molar-refractivity contribution in [1.82, 2.24) is 9.47 Å². The summed E-state index contributed by atoms with van der Waals surface area (Å²) in [7, 11) is 1.65. The van der Waals surface area contributed by atoms with Crippen LogP contribution in [0.25, 0.3) is 5.69 Å². The highest BCUT2D eigenvalue weighted by atomic mass is 19.1. The Kier molecular flexibility index (Phi) is 4.44. The summed E-state index contributed by atoms with van der Waals surface area (Å²) in [5.41, 5.74) is 3.17. The molecule has 0 bridgehead atoms. The molecule has 2 aromatic carbocycles. The lowest BCUT2D eigenvalue weighted by molar-refractivity contribution is 0.0676. The van der Waals surface area contributed by atoms with Crippen LogP contribution < -0.4 is 10.1 Å². The number of carbonyl (C=O) groups excluding carboxylic acids is 1. The molecule has 1 amide bonds. The van der Waals surface area contributed by atoms with E-state index in [1.54, 1.807) is 18.1 Å². The van der Waals surface area contributed by atoms with Gasteiger partial charge in [0.25, 0.3) is 5.91 Å². The number of rotatable bonds is 2. The number of likely N-dealkylation sites (tertiary alicyclic amines) is 1. The summed E-state index contributed by atoms with van der Waals surface area (Å²) in [4.78, 5) is 14.8. The number of hydrogen-bond acceptors (Lipinski definition) is 4. The Morgan fingerprint density at radius 1 is 1.19 bits per heavy atom. The first-order valence-corrected chi connectivity index (χ1v) is 10.2. The van der Waals surface area contributed by atoms with Crippen LogP contribution in [-0.4, -0.2) is 35.6 Å². The van der Waals surface area contributed by atoms with Crippen LogP contribution in [-0.2, 0) is 5.54 Å². The molecule has 1 aromatic heterocycles. The summed E-state index contributed by atoms with van der Waals surface area (Å²) < 4.78 is 21.2. The highest BCUT2D eigenvalue weighted by Gasteiger charge is 2.42. The van der Waals surface area contributed by atoms with Crippen LogP contribution in [0.3, 0.4) is 0 Å². The molecule has 0 atom stereocenters. The van der Waals surface area contributed by atoms with Crippen molar-refractivity contribution in [2.75, 3.05) is 25.5 Å². The van der Waals surface area contributed by atoms with Crippen molar-refractivity contribution in [2.24, 2.45) is 0 Å². The van der Waals surface area contributed by atoms with Crippen molar-refractivity contribution in [3.8, 4) is 17.5 Å². The van der Waals surface area contributed by atoms with Crippen LogP contribution in [0.15, 0.2) is 54.7 Å². The number of nitrogens with one attached hydrogen (secondary N) is 1. The predicted molar refractivity (Wildman–Crippen MR) is 114 cm³/mol. The van der Waals surface area contributed by atoms with Gasteiger partial charge in [-0.3, -0.25) is 4.79 Å². The third kappa shape index (κ3) is 3.03. The molecule has 2 aliphatic rings. The molecule has 2 aliphatic heterocycles. The van der Waals surface area contributed by atoms with Crippen LogP contribution in [0.5, 0.6) is 5.75 Å². The topological polar surface area (TPSA) is 70.3 Å². The molecule has 3 heterocycles. The van der Waals surface area contributed by atoms with Gasteiger partial charge in [-0.25, -0.2) is 4.39 Å². The fourth-order valence-electron chi connectivity index (χ4n) is 4.65. The smallest absolute Gasteiger partial charge is 0.253 e. The monoisotopic (exact) mass is 416 g/mol. The van der Waals surface area contributed by atoms with Crippen molar-refractivity contribution in [1.29, 1.82) is 5.26 Å². The third-order valence-corrected chi connectivity index (χ3v) is 6.31. The molecule has 0 unspecified atom stereocenters. The Morgan fingerprint density at radius 3 is 2.74 bits per heavy atom. The molecule has 1 spiro atoms. The summed E-state index contributed by atoms with van der Waals surface area (Å²) in [6.07, 6.45) is 3.51. The Bertz CT molecular complexity index is 1220. The van der Waals surface area contributed by atoms with E-state index in [-0.39, 0.29) is 17.0 Å². The molecule has 0 radical (unpaired) electrons. The van der Waals surface area contributed by atoms with E-state index in [4.69, 9.17) is 10.00 Å². The van der Waals surface area contributed by atoms with Gasteiger partial charge in [0.1, 0.15) is 17.6 Å². The summed E-state index contributed by atoms with van der Waals surface area (Å²) in [5.74, 6) is -0.00764. The largest absolute Gasteiger partial charge is 0.497 e. The lowest BCUT2D eigenvalue weighted by Gasteiger charge is -2.46. The number of methoxy groups -OCH3 is 1. The van der Waals surface area contributed by atoms with E-state index in [2.05, 4.69) is 22.1 Å². The maximum atomic E-state index is 13.6. The number of aromatic nitrogens is 1. The molecule has 0 aliphatic carbocycles. The Labute approximate surface area is 179 Å². The lowest BCUT2D eigenvalue weighted by Crippen LogP contribution is -2.51. The molecular weight excluding hydrogens is 395 g/mol. The maximum Gasteiger partial charge on any atom is 0.253 e. The van der Waals surface area contributed by atoms with E-state index >= 15 is 0 Å². The van der Waals surface area contributed by atoms with Gasteiger partial charge in [0.05, 0.1) is 29.6 Å². The van der Waals surface area contributed by atoms with Gasteiger partial charge in [0.2, 0.25) is 0 Å². The number of benzene rings is 2. The first-order chi connectivity index (χ1) is 15.0. The number of nitriles is 1. The molecular formula is C24H21FN4O2. The van der Waals surface area contributed by atoms with E-state index in [1.807, 2.05) is 24.3 Å². The SMILES string of the molecule is COc1ccc2c(c1)NC1(CCN(C(=O)c3ccc(F)c(C#N)c3)CC1)c1cccn1-2. The number of carbonyl (C=O) groups is 1. The summed E-state index contributed by atoms with van der Waals surface area (Å²) in [6.45, 7) is 1.10. The molecule has 31 heavy (non-hydrogen) atoms. The molecule has 1 N–H and O–H groups in total. The van der Waals surface area contributed by atoms with E-state index in [1.165, 1.54) is 23.9 Å². The second-order valence-corrected chi connectivity index (χ2v) is 7.95. The molecule has 1 fully saturated rings. The Balaban J connectivity index is 1.41. The molecule has 7 heteroatoms. The zero-order valence-corrected chi connectivity index (χ0v) is 17.1. The first kappa shape index (κ1) is 19.2. The second kappa shape index (κ2) is 7.17. The van der Waals surface area contributed by atoms with Gasteiger partial charge >= 0.3 is 0 Å². The third-order valence-electron chi connectivity index (χ3n) is 6.31. The molecule has 3 aromatic rings. The number of fused-ring (bicyclic) bond motifs is 4. The molecule has 0 saturated carbocycles. The lowest BCUT2D eigenvalue weighted by atomic mass is 9.82. The fraction of sp³-hybridized carbons (Fsp3) is 0.250. The van der Waals surface area contributed by atoms with E-state index in [0.717, 1.165) is 30.0 Å². The number of nitrogens with zero attached hydrogens (tertiary/aromatic N) is 3. The summed E-state index contributed by atoms with van der Waals surface area (Å²) in [5, 5.41) is 12.8. The minimum Gasteiger partial charge on any atom is -0.497 e. The first-order valence-electron chi connectivity index (χ1n) is 10.2. The fourth-order valence-corrected chi connectivity index (χ4v) is 4.65. The molecule has 6 nitrogen and oxygen atoms in total. The zero-order chi connectivity index (χ0) is 21.6. The number of amides is 1. The van der Waals surface area contributed by atoms with Crippen LogP contribution >= 0.6 is 0 Å². The number of hydrogen-bond donors (Lipinski definition) is 1. The van der Waals surface area contributed by atoms with Gasteiger partial charge in [0, 0.05) is 36.6 Å². The number of anilines is 1. The van der Waals surface area contributed by atoms with Crippen molar-refractivity contribution in [3.63, 3.8) is 0 Å². The molecule has 156 valence electrons. The van der Waals surface area contributed by atoms with Crippen molar-refractivity contribution in [3.05, 3.63) is 77.4 Å². The number of piperidine rings is 1.